The lowest BCUT2D eigenvalue weighted by atomic mass is 10.1. The Morgan fingerprint density at radius 2 is 1.91 bits per heavy atom. The van der Waals surface area contributed by atoms with Gasteiger partial charge in [-0.1, -0.05) is 30.3 Å². The monoisotopic (exact) mass is 458 g/mol. The Balaban J connectivity index is 1.67. The van der Waals surface area contributed by atoms with Gasteiger partial charge in [-0.2, -0.15) is 9.97 Å². The molecule has 1 aliphatic heterocycles. The summed E-state index contributed by atoms with van der Waals surface area (Å²) in [6.45, 7) is 0.144. The van der Waals surface area contributed by atoms with Gasteiger partial charge < -0.3 is 35.8 Å². The number of ether oxygens (including phenoxy) is 1. The predicted octanol–water partition coefficient (Wildman–Crippen LogP) is -0.456. The van der Waals surface area contributed by atoms with Crippen molar-refractivity contribution in [3.05, 3.63) is 42.2 Å². The molecule has 33 heavy (non-hydrogen) atoms. The molecule has 0 bridgehead atoms. The van der Waals surface area contributed by atoms with E-state index in [0.717, 1.165) is 5.56 Å². The quantitative estimate of drug-likeness (QED) is 0.280. The fourth-order valence-electron chi connectivity index (χ4n) is 3.82. The van der Waals surface area contributed by atoms with Crippen LogP contribution in [0.3, 0.4) is 0 Å². The number of anilines is 2. The number of hydrogen-bond donors (Lipinski definition) is 5. The first-order chi connectivity index (χ1) is 15.9. The van der Waals surface area contributed by atoms with E-state index in [1.54, 1.807) is 4.90 Å². The Kier molecular flexibility index (Phi) is 6.70. The highest BCUT2D eigenvalue weighted by molar-refractivity contribution is 5.83. The first-order valence-corrected chi connectivity index (χ1v) is 10.5. The minimum Gasteiger partial charge on any atom is -0.481 e. The molecular formula is C21H26N6O6. The zero-order chi connectivity index (χ0) is 23.5. The molecule has 0 amide bonds. The van der Waals surface area contributed by atoms with Crippen LogP contribution < -0.4 is 10.6 Å². The van der Waals surface area contributed by atoms with Gasteiger partial charge in [0.05, 0.1) is 19.4 Å². The Hall–Kier alpha value is -3.32. The molecule has 1 fully saturated rings. The van der Waals surface area contributed by atoms with Gasteiger partial charge in [-0.25, -0.2) is 4.98 Å². The Labute approximate surface area is 188 Å². The van der Waals surface area contributed by atoms with Gasteiger partial charge in [-0.05, 0) is 12.0 Å². The van der Waals surface area contributed by atoms with Crippen molar-refractivity contribution in [1.82, 2.24) is 19.5 Å². The number of fused-ring (bicyclic) bond motifs is 1. The van der Waals surface area contributed by atoms with Crippen LogP contribution in [0.15, 0.2) is 36.7 Å². The molecule has 3 aromatic rings. The molecule has 6 N–H and O–H groups in total. The van der Waals surface area contributed by atoms with Crippen molar-refractivity contribution >= 4 is 28.9 Å². The lowest BCUT2D eigenvalue weighted by Crippen LogP contribution is -2.33. The molecule has 12 heteroatoms. The summed E-state index contributed by atoms with van der Waals surface area (Å²) in [4.78, 5) is 26.0. The van der Waals surface area contributed by atoms with Gasteiger partial charge in [-0.15, -0.1) is 0 Å². The molecule has 1 saturated heterocycles. The molecule has 176 valence electrons. The topological polar surface area (TPSA) is 180 Å². The van der Waals surface area contributed by atoms with Crippen molar-refractivity contribution in [1.29, 1.82) is 0 Å². The maximum absolute atomic E-state index is 11.2. The second-order valence-electron chi connectivity index (χ2n) is 7.83. The van der Waals surface area contributed by atoms with Gasteiger partial charge in [0.2, 0.25) is 5.95 Å². The van der Waals surface area contributed by atoms with Crippen LogP contribution in [-0.4, -0.2) is 83.9 Å². The summed E-state index contributed by atoms with van der Waals surface area (Å²) in [7, 11) is 0. The van der Waals surface area contributed by atoms with E-state index >= 15 is 0 Å². The van der Waals surface area contributed by atoms with Crippen LogP contribution in [0.5, 0.6) is 0 Å². The number of rotatable bonds is 9. The number of aliphatic carboxylic acids is 1. The number of nitrogens with two attached hydrogens (primary N) is 1. The van der Waals surface area contributed by atoms with Crippen LogP contribution in [-0.2, 0) is 16.0 Å². The highest BCUT2D eigenvalue weighted by Gasteiger charge is 2.44. The van der Waals surface area contributed by atoms with Crippen LogP contribution in [0.4, 0.5) is 11.8 Å². The van der Waals surface area contributed by atoms with Crippen molar-refractivity contribution in [2.45, 2.75) is 37.4 Å². The number of benzene rings is 1. The molecule has 0 spiro atoms. The highest BCUT2D eigenvalue weighted by atomic mass is 16.6. The molecular weight excluding hydrogens is 432 g/mol. The number of carboxylic acid groups (broad SMARTS) is 1. The molecule has 0 saturated carbocycles. The molecule has 0 unspecified atom stereocenters. The Bertz CT molecular complexity index is 1110. The summed E-state index contributed by atoms with van der Waals surface area (Å²) < 4.78 is 7.02. The van der Waals surface area contributed by atoms with Crippen molar-refractivity contribution in [2.75, 3.05) is 30.3 Å². The van der Waals surface area contributed by atoms with Gasteiger partial charge >= 0.3 is 5.97 Å². The maximum Gasteiger partial charge on any atom is 0.305 e. The maximum atomic E-state index is 11.2. The van der Waals surface area contributed by atoms with Gasteiger partial charge in [0.1, 0.15) is 23.8 Å². The van der Waals surface area contributed by atoms with Crippen LogP contribution in [0, 0.1) is 0 Å². The summed E-state index contributed by atoms with van der Waals surface area (Å²) in [6, 6.07) is 9.73. The number of hydrogen-bond acceptors (Lipinski definition) is 10. The summed E-state index contributed by atoms with van der Waals surface area (Å²) >= 11 is 0. The largest absolute Gasteiger partial charge is 0.481 e. The summed E-state index contributed by atoms with van der Waals surface area (Å²) in [5.41, 5.74) is 7.73. The Morgan fingerprint density at radius 1 is 1.15 bits per heavy atom. The third-order valence-corrected chi connectivity index (χ3v) is 5.62. The van der Waals surface area contributed by atoms with E-state index in [1.807, 2.05) is 30.3 Å². The van der Waals surface area contributed by atoms with E-state index in [2.05, 4.69) is 15.0 Å². The smallest absolute Gasteiger partial charge is 0.305 e. The van der Waals surface area contributed by atoms with Crippen molar-refractivity contribution in [3.8, 4) is 0 Å². The summed E-state index contributed by atoms with van der Waals surface area (Å²) in [5.74, 6) is -0.656. The van der Waals surface area contributed by atoms with Gasteiger partial charge in [0.15, 0.2) is 17.7 Å². The zero-order valence-electron chi connectivity index (χ0n) is 17.7. The first kappa shape index (κ1) is 22.9. The SMILES string of the molecule is Nc1nc(N(CCC(=O)O)CCc2ccccc2)nc2c1ncn2[C@@H]1O[C@H](CO)[C@@H](O)[C@H]1O. The fraction of sp³-hybridized carbons (Fsp3) is 0.429. The summed E-state index contributed by atoms with van der Waals surface area (Å²) in [5, 5.41) is 39.1. The third-order valence-electron chi connectivity index (χ3n) is 5.62. The average molecular weight is 458 g/mol. The second-order valence-corrected chi connectivity index (χ2v) is 7.83. The number of carbonyl (C=O) groups is 1. The molecule has 4 rings (SSSR count). The number of imidazole rings is 1. The van der Waals surface area contributed by atoms with Crippen molar-refractivity contribution < 1.29 is 30.0 Å². The minimum absolute atomic E-state index is 0.0838. The number of carboxylic acids is 1. The predicted molar refractivity (Wildman–Crippen MR) is 117 cm³/mol. The average Bonchev–Trinajstić information content (AvgIpc) is 3.35. The lowest BCUT2D eigenvalue weighted by Gasteiger charge is -2.23. The van der Waals surface area contributed by atoms with Crippen molar-refractivity contribution in [2.24, 2.45) is 0 Å². The normalized spacial score (nSPS) is 22.6. The molecule has 1 aromatic carbocycles. The molecule has 2 aromatic heterocycles. The number of nitrogens with zero attached hydrogens (tertiary/aromatic N) is 5. The van der Waals surface area contributed by atoms with Crippen LogP contribution in [0.25, 0.3) is 11.2 Å². The first-order valence-electron chi connectivity index (χ1n) is 10.5. The third kappa shape index (κ3) is 4.73. The van der Waals surface area contributed by atoms with Crippen molar-refractivity contribution in [3.63, 3.8) is 0 Å². The minimum atomic E-state index is -1.32. The molecule has 3 heterocycles. The van der Waals surface area contributed by atoms with Crippen LogP contribution in [0.2, 0.25) is 0 Å². The number of aliphatic hydroxyl groups is 3. The number of aliphatic hydroxyl groups excluding tert-OH is 3. The second kappa shape index (κ2) is 9.67. The molecule has 1 aliphatic rings. The number of nitrogen functional groups attached to an aromatic ring is 1. The van der Waals surface area contributed by atoms with Crippen LogP contribution >= 0.6 is 0 Å². The fourth-order valence-corrected chi connectivity index (χ4v) is 3.82. The lowest BCUT2D eigenvalue weighted by molar-refractivity contribution is -0.136. The van der Waals surface area contributed by atoms with E-state index in [1.165, 1.54) is 10.9 Å². The highest BCUT2D eigenvalue weighted by Crippen LogP contribution is 2.32. The van der Waals surface area contributed by atoms with Gasteiger partial charge in [0, 0.05) is 13.1 Å². The van der Waals surface area contributed by atoms with E-state index in [0.29, 0.717) is 13.0 Å². The van der Waals surface area contributed by atoms with E-state index in [4.69, 9.17) is 10.5 Å². The number of aromatic nitrogens is 4. The zero-order valence-corrected chi connectivity index (χ0v) is 17.7. The van der Waals surface area contributed by atoms with E-state index < -0.39 is 37.1 Å². The summed E-state index contributed by atoms with van der Waals surface area (Å²) in [6.07, 6.45) is -2.72. The molecule has 0 aliphatic carbocycles. The van der Waals surface area contributed by atoms with Gasteiger partial charge in [0.25, 0.3) is 0 Å². The molecule has 12 nitrogen and oxygen atoms in total. The van der Waals surface area contributed by atoms with Gasteiger partial charge in [-0.3, -0.25) is 9.36 Å². The molecule has 0 radical (unpaired) electrons. The molecule has 4 atom stereocenters. The standard InChI is InChI=1S/C21H26N6O6/c22-18-15-19(27(11-23-15)20-17(32)16(31)13(10-28)33-20)25-21(24-18)26(9-7-14(29)30)8-6-12-4-2-1-3-5-12/h1-5,11,13,16-17,20,28,31-32H,6-10H2,(H,29,30)(H2,22,24,25)/t13-,16-,17-,20-/m1/s1. The Morgan fingerprint density at radius 3 is 2.58 bits per heavy atom. The van der Waals surface area contributed by atoms with Crippen LogP contribution in [0.1, 0.15) is 18.2 Å². The van der Waals surface area contributed by atoms with E-state index in [-0.39, 0.29) is 35.9 Å². The van der Waals surface area contributed by atoms with E-state index in [9.17, 15) is 25.2 Å².